The number of fused-ring (bicyclic) bond motifs is 1. The van der Waals surface area contributed by atoms with Crippen LogP contribution in [0.2, 0.25) is 0 Å². The zero-order chi connectivity index (χ0) is 24.4. The molecule has 9 heteroatoms. The van der Waals surface area contributed by atoms with Gasteiger partial charge >= 0.3 is 5.97 Å². The number of benzene rings is 2. The molecule has 0 spiro atoms. The molecule has 172 valence electrons. The molecular weight excluding hydrogens is 438 g/mol. The maximum atomic E-state index is 12.8. The summed E-state index contributed by atoms with van der Waals surface area (Å²) in [6, 6.07) is 9.20. The van der Waals surface area contributed by atoms with E-state index < -0.39 is 23.8 Å². The lowest BCUT2D eigenvalue weighted by Crippen LogP contribution is -2.52. The van der Waals surface area contributed by atoms with Crippen LogP contribution in [0.5, 0.6) is 0 Å². The lowest BCUT2D eigenvalue weighted by molar-refractivity contribution is -0.137. The first-order chi connectivity index (χ1) is 16.2. The van der Waals surface area contributed by atoms with Gasteiger partial charge in [0.05, 0.1) is 5.56 Å². The molecule has 1 saturated heterocycles. The van der Waals surface area contributed by atoms with Gasteiger partial charge in [-0.2, -0.15) is 0 Å². The Labute approximate surface area is 195 Å². The highest BCUT2D eigenvalue weighted by Gasteiger charge is 2.39. The van der Waals surface area contributed by atoms with Crippen molar-refractivity contribution in [1.29, 1.82) is 0 Å². The van der Waals surface area contributed by atoms with Crippen LogP contribution >= 0.6 is 0 Å². The molecule has 0 aromatic heterocycles. The lowest BCUT2D eigenvalue weighted by atomic mass is 10.0. The number of imide groups is 1. The van der Waals surface area contributed by atoms with Gasteiger partial charge in [0.2, 0.25) is 11.8 Å². The Morgan fingerprint density at radius 2 is 2.00 bits per heavy atom. The summed E-state index contributed by atoms with van der Waals surface area (Å²) in [5.74, 6) is 2.52. The summed E-state index contributed by atoms with van der Waals surface area (Å²) < 4.78 is 0. The van der Waals surface area contributed by atoms with E-state index >= 15 is 0 Å². The average molecular weight is 459 g/mol. The molecule has 2 aromatic carbocycles. The van der Waals surface area contributed by atoms with Crippen LogP contribution in [0.4, 0.5) is 0 Å². The van der Waals surface area contributed by atoms with Gasteiger partial charge in [-0.15, -0.1) is 0 Å². The third-order valence-electron chi connectivity index (χ3n) is 5.92. The summed E-state index contributed by atoms with van der Waals surface area (Å²) in [4.78, 5) is 61.2. The van der Waals surface area contributed by atoms with Gasteiger partial charge in [-0.25, -0.2) is 4.79 Å². The monoisotopic (exact) mass is 459 g/mol. The molecule has 1 atom stereocenters. The van der Waals surface area contributed by atoms with Gasteiger partial charge in [0.25, 0.3) is 11.8 Å². The highest BCUT2D eigenvalue weighted by Crippen LogP contribution is 2.28. The number of hydrogen-bond acceptors (Lipinski definition) is 5. The number of nitrogens with zero attached hydrogens (tertiary/aromatic N) is 1. The van der Waals surface area contributed by atoms with Crippen LogP contribution in [0.25, 0.3) is 0 Å². The van der Waals surface area contributed by atoms with Crippen LogP contribution < -0.4 is 10.6 Å². The van der Waals surface area contributed by atoms with Crippen molar-refractivity contribution < 1.29 is 29.1 Å². The van der Waals surface area contributed by atoms with E-state index in [9.17, 15) is 29.1 Å². The number of carboxylic acid groups (broad SMARTS) is 1. The zero-order valence-electron chi connectivity index (χ0n) is 18.3. The molecule has 4 rings (SSSR count). The Morgan fingerprint density at radius 3 is 2.74 bits per heavy atom. The van der Waals surface area contributed by atoms with Gasteiger partial charge in [0.1, 0.15) is 6.04 Å². The first-order valence-corrected chi connectivity index (χ1v) is 10.6. The highest BCUT2D eigenvalue weighted by molar-refractivity contribution is 6.05. The number of carbonyl (C=O) groups excluding carboxylic acids is 4. The van der Waals surface area contributed by atoms with Gasteiger partial charge in [-0.1, -0.05) is 24.1 Å². The van der Waals surface area contributed by atoms with E-state index in [-0.39, 0.29) is 36.9 Å². The van der Waals surface area contributed by atoms with Gasteiger partial charge in [-0.05, 0) is 48.2 Å². The molecule has 0 bridgehead atoms. The average Bonchev–Trinajstić information content (AvgIpc) is 3.12. The predicted octanol–water partition coefficient (Wildman–Crippen LogP) is 1.12. The van der Waals surface area contributed by atoms with Gasteiger partial charge in [0.15, 0.2) is 0 Å². The van der Waals surface area contributed by atoms with Crippen molar-refractivity contribution in [2.45, 2.75) is 38.9 Å². The molecule has 2 aliphatic rings. The summed E-state index contributed by atoms with van der Waals surface area (Å²) in [7, 11) is 0. The molecule has 0 aliphatic carbocycles. The number of aromatic carboxylic acids is 1. The van der Waals surface area contributed by atoms with Crippen LogP contribution in [0.15, 0.2) is 36.4 Å². The van der Waals surface area contributed by atoms with Gasteiger partial charge in [0, 0.05) is 36.6 Å². The largest absolute Gasteiger partial charge is 0.478 e. The Kier molecular flexibility index (Phi) is 6.15. The highest BCUT2D eigenvalue weighted by atomic mass is 16.4. The van der Waals surface area contributed by atoms with E-state index in [0.29, 0.717) is 23.1 Å². The van der Waals surface area contributed by atoms with E-state index in [4.69, 9.17) is 0 Å². The summed E-state index contributed by atoms with van der Waals surface area (Å²) >= 11 is 0. The van der Waals surface area contributed by atoms with E-state index in [1.165, 1.54) is 11.0 Å². The minimum absolute atomic E-state index is 0.131. The van der Waals surface area contributed by atoms with Crippen molar-refractivity contribution in [1.82, 2.24) is 15.5 Å². The molecule has 1 fully saturated rings. The Hall–Kier alpha value is -4.45. The maximum absolute atomic E-state index is 12.8. The number of carbonyl (C=O) groups is 5. The quantitative estimate of drug-likeness (QED) is 0.464. The fourth-order valence-corrected chi connectivity index (χ4v) is 4.09. The lowest BCUT2D eigenvalue weighted by Gasteiger charge is -2.29. The van der Waals surface area contributed by atoms with Crippen LogP contribution in [0.1, 0.15) is 55.8 Å². The van der Waals surface area contributed by atoms with Crippen LogP contribution in [-0.2, 0) is 27.5 Å². The fourth-order valence-electron chi connectivity index (χ4n) is 4.09. The molecule has 2 aliphatic heterocycles. The number of piperidine rings is 1. The van der Waals surface area contributed by atoms with Crippen LogP contribution in [-0.4, -0.2) is 45.6 Å². The molecule has 1 unspecified atom stereocenters. The van der Waals surface area contributed by atoms with E-state index in [0.717, 1.165) is 11.1 Å². The molecule has 4 amide bonds. The molecule has 0 saturated carbocycles. The van der Waals surface area contributed by atoms with Crippen molar-refractivity contribution in [3.8, 4) is 11.8 Å². The second-order valence-corrected chi connectivity index (χ2v) is 8.11. The van der Waals surface area contributed by atoms with Crippen molar-refractivity contribution in [2.24, 2.45) is 0 Å². The topological polar surface area (TPSA) is 133 Å². The van der Waals surface area contributed by atoms with Crippen molar-refractivity contribution in [2.75, 3.05) is 0 Å². The van der Waals surface area contributed by atoms with Gasteiger partial charge < -0.3 is 15.3 Å². The minimum atomic E-state index is -1.06. The molecule has 9 nitrogen and oxygen atoms in total. The first-order valence-electron chi connectivity index (χ1n) is 10.6. The smallest absolute Gasteiger partial charge is 0.335 e. The van der Waals surface area contributed by atoms with E-state index in [1.54, 1.807) is 37.3 Å². The summed E-state index contributed by atoms with van der Waals surface area (Å²) in [5.41, 5.74) is 3.07. The van der Waals surface area contributed by atoms with Crippen LogP contribution in [0.3, 0.4) is 0 Å². The van der Waals surface area contributed by atoms with Crippen LogP contribution in [0, 0.1) is 18.8 Å². The number of hydrogen-bond donors (Lipinski definition) is 3. The molecule has 3 N–H and O–H groups in total. The second-order valence-electron chi connectivity index (χ2n) is 8.11. The Morgan fingerprint density at radius 1 is 1.21 bits per heavy atom. The molecule has 0 radical (unpaired) electrons. The number of nitrogens with one attached hydrogen (secondary N) is 2. The van der Waals surface area contributed by atoms with Gasteiger partial charge in [-0.3, -0.25) is 24.5 Å². The first kappa shape index (κ1) is 22.7. The summed E-state index contributed by atoms with van der Waals surface area (Å²) in [5, 5.41) is 14.1. The standard InChI is InChI=1S/C25H21N3O6/c1-14-16(3-2-4-18(14)25(33)34)6-9-21(29)26-12-15-5-7-19-17(11-15)13-28(24(19)32)20-8-10-22(30)27-23(20)31/h2-5,7,11,20H,8,10,12-13H2,1H3,(H,26,29)(H,33,34)(H,27,30,31). The maximum Gasteiger partial charge on any atom is 0.335 e. The van der Waals surface area contributed by atoms with Crippen molar-refractivity contribution in [3.63, 3.8) is 0 Å². The molecule has 2 heterocycles. The molecule has 34 heavy (non-hydrogen) atoms. The van der Waals surface area contributed by atoms with E-state index in [2.05, 4.69) is 22.5 Å². The van der Waals surface area contributed by atoms with Crippen molar-refractivity contribution >= 4 is 29.6 Å². The third-order valence-corrected chi connectivity index (χ3v) is 5.92. The summed E-state index contributed by atoms with van der Waals surface area (Å²) in [6.07, 6.45) is 0.482. The SMILES string of the molecule is Cc1c(C#CC(=O)NCc2ccc3c(c2)CN(C2CCC(=O)NC2=O)C3=O)cccc1C(=O)O. The third kappa shape index (κ3) is 4.52. The number of rotatable bonds is 4. The Bertz CT molecular complexity index is 1300. The van der Waals surface area contributed by atoms with E-state index in [1.807, 2.05) is 0 Å². The van der Waals surface area contributed by atoms with Crippen molar-refractivity contribution in [3.05, 3.63) is 69.8 Å². The summed E-state index contributed by atoms with van der Waals surface area (Å²) in [6.45, 7) is 2.07. The normalized spacial score (nSPS) is 16.9. The second kappa shape index (κ2) is 9.19. The Balaban J connectivity index is 1.40. The molecular formula is C25H21N3O6. The predicted molar refractivity (Wildman–Crippen MR) is 119 cm³/mol. The molecule has 2 aromatic rings. The minimum Gasteiger partial charge on any atom is -0.478 e. The number of carboxylic acids is 1. The zero-order valence-corrected chi connectivity index (χ0v) is 18.3. The fraction of sp³-hybridized carbons (Fsp3) is 0.240. The number of amides is 4.